The van der Waals surface area contributed by atoms with E-state index in [-0.39, 0.29) is 12.4 Å². The molecular formula is C16H23BrO2. The maximum Gasteiger partial charge on any atom is 0.188 e. The first-order valence-corrected chi connectivity index (χ1v) is 7.83. The Bertz CT molecular complexity index is 390. The molecule has 1 atom stereocenters. The highest BCUT2D eigenvalue weighted by Crippen LogP contribution is 2.14. The van der Waals surface area contributed by atoms with Crippen LogP contribution in [0.5, 0.6) is 0 Å². The van der Waals surface area contributed by atoms with Crippen LogP contribution in [0.15, 0.2) is 28.7 Å². The fourth-order valence-corrected chi connectivity index (χ4v) is 2.36. The zero-order chi connectivity index (χ0) is 14.1. The average Bonchev–Trinajstić information content (AvgIpc) is 2.42. The number of rotatable bonds is 9. The lowest BCUT2D eigenvalue weighted by Crippen LogP contribution is -2.15. The smallest absolute Gasteiger partial charge is 0.188 e. The Kier molecular flexibility index (Phi) is 7.99. The van der Waals surface area contributed by atoms with Crippen LogP contribution in [-0.4, -0.2) is 19.0 Å². The molecule has 106 valence electrons. The first-order chi connectivity index (χ1) is 9.17. The van der Waals surface area contributed by atoms with Crippen molar-refractivity contribution in [1.29, 1.82) is 0 Å². The topological polar surface area (TPSA) is 26.3 Å². The van der Waals surface area contributed by atoms with Gasteiger partial charge in [0.05, 0.1) is 0 Å². The Labute approximate surface area is 124 Å². The lowest BCUT2D eigenvalue weighted by atomic mass is 10.0. The van der Waals surface area contributed by atoms with Crippen molar-refractivity contribution in [2.75, 3.05) is 13.2 Å². The number of unbranched alkanes of at least 4 members (excludes halogenated alkanes) is 1. The molecule has 1 unspecified atom stereocenters. The molecular weight excluding hydrogens is 304 g/mol. The van der Waals surface area contributed by atoms with Crippen molar-refractivity contribution in [3.63, 3.8) is 0 Å². The van der Waals surface area contributed by atoms with Gasteiger partial charge in [-0.3, -0.25) is 4.79 Å². The van der Waals surface area contributed by atoms with Gasteiger partial charge in [-0.2, -0.15) is 0 Å². The van der Waals surface area contributed by atoms with Crippen molar-refractivity contribution in [3.8, 4) is 0 Å². The van der Waals surface area contributed by atoms with E-state index in [4.69, 9.17) is 4.74 Å². The van der Waals surface area contributed by atoms with Crippen LogP contribution in [0.25, 0.3) is 0 Å². The van der Waals surface area contributed by atoms with Gasteiger partial charge in [-0.05, 0) is 24.5 Å². The number of hydrogen-bond acceptors (Lipinski definition) is 2. The molecule has 0 N–H and O–H groups in total. The highest BCUT2D eigenvalue weighted by atomic mass is 79.9. The number of ether oxygens (including phenoxy) is 1. The number of halogens is 1. The highest BCUT2D eigenvalue weighted by molar-refractivity contribution is 9.10. The third-order valence-electron chi connectivity index (χ3n) is 3.28. The van der Waals surface area contributed by atoms with E-state index in [0.29, 0.717) is 18.1 Å². The van der Waals surface area contributed by atoms with Gasteiger partial charge in [-0.25, -0.2) is 0 Å². The van der Waals surface area contributed by atoms with Crippen LogP contribution < -0.4 is 0 Å². The monoisotopic (exact) mass is 326 g/mol. The predicted octanol–water partition coefficient (Wildman–Crippen LogP) is 4.86. The van der Waals surface area contributed by atoms with Gasteiger partial charge in [-0.15, -0.1) is 0 Å². The minimum atomic E-state index is 0.0478. The van der Waals surface area contributed by atoms with E-state index >= 15 is 0 Å². The average molecular weight is 327 g/mol. The van der Waals surface area contributed by atoms with Gasteiger partial charge in [0.15, 0.2) is 5.78 Å². The van der Waals surface area contributed by atoms with E-state index in [0.717, 1.165) is 10.9 Å². The van der Waals surface area contributed by atoms with Gasteiger partial charge in [0.25, 0.3) is 0 Å². The Hall–Kier alpha value is -0.670. The number of carbonyl (C=O) groups is 1. The molecule has 0 fully saturated rings. The van der Waals surface area contributed by atoms with E-state index in [1.165, 1.54) is 19.3 Å². The molecule has 0 aliphatic rings. The molecule has 3 heteroatoms. The van der Waals surface area contributed by atoms with Crippen LogP contribution >= 0.6 is 15.9 Å². The molecule has 0 radical (unpaired) electrons. The molecule has 19 heavy (non-hydrogen) atoms. The Morgan fingerprint density at radius 3 is 2.79 bits per heavy atom. The third-order valence-corrected chi connectivity index (χ3v) is 3.77. The molecule has 0 aliphatic carbocycles. The van der Waals surface area contributed by atoms with Crippen LogP contribution in [0, 0.1) is 5.92 Å². The molecule has 2 nitrogen and oxygen atoms in total. The third kappa shape index (κ3) is 6.35. The molecule has 0 saturated carbocycles. The summed E-state index contributed by atoms with van der Waals surface area (Å²) in [7, 11) is 0. The van der Waals surface area contributed by atoms with Crippen LogP contribution in [0.4, 0.5) is 0 Å². The van der Waals surface area contributed by atoms with E-state index < -0.39 is 0 Å². The zero-order valence-corrected chi connectivity index (χ0v) is 13.4. The molecule has 0 saturated heterocycles. The summed E-state index contributed by atoms with van der Waals surface area (Å²) in [6.45, 7) is 5.25. The maximum absolute atomic E-state index is 11.9. The number of carbonyl (C=O) groups excluding carboxylic acids is 1. The fourth-order valence-electron chi connectivity index (χ4n) is 1.96. The molecule has 0 heterocycles. The van der Waals surface area contributed by atoms with E-state index in [2.05, 4.69) is 29.8 Å². The quantitative estimate of drug-likeness (QED) is 0.605. The second-order valence-corrected chi connectivity index (χ2v) is 5.78. The SMILES string of the molecule is CCCCC(CC)COCC(=O)c1cccc(Br)c1. The Morgan fingerprint density at radius 1 is 1.37 bits per heavy atom. The summed E-state index contributed by atoms with van der Waals surface area (Å²) in [5.74, 6) is 0.627. The van der Waals surface area contributed by atoms with Gasteiger partial charge in [0.1, 0.15) is 6.61 Å². The largest absolute Gasteiger partial charge is 0.373 e. The molecule has 0 bridgehead atoms. The van der Waals surface area contributed by atoms with Crippen LogP contribution in [0.2, 0.25) is 0 Å². The molecule has 1 aromatic rings. The van der Waals surface area contributed by atoms with E-state index in [9.17, 15) is 4.79 Å². The second kappa shape index (κ2) is 9.27. The molecule has 0 amide bonds. The lowest BCUT2D eigenvalue weighted by Gasteiger charge is -2.14. The maximum atomic E-state index is 11.9. The van der Waals surface area contributed by atoms with Crippen molar-refractivity contribution < 1.29 is 9.53 Å². The zero-order valence-electron chi connectivity index (χ0n) is 11.8. The summed E-state index contributed by atoms with van der Waals surface area (Å²) < 4.78 is 6.50. The van der Waals surface area contributed by atoms with Crippen molar-refractivity contribution >= 4 is 21.7 Å². The number of hydrogen-bond donors (Lipinski definition) is 0. The molecule has 1 rings (SSSR count). The first-order valence-electron chi connectivity index (χ1n) is 7.03. The lowest BCUT2D eigenvalue weighted by molar-refractivity contribution is 0.0658. The summed E-state index contributed by atoms with van der Waals surface area (Å²) in [4.78, 5) is 11.9. The van der Waals surface area contributed by atoms with Crippen molar-refractivity contribution in [2.45, 2.75) is 39.5 Å². The van der Waals surface area contributed by atoms with Crippen molar-refractivity contribution in [1.82, 2.24) is 0 Å². The molecule has 0 aliphatic heterocycles. The van der Waals surface area contributed by atoms with Gasteiger partial charge in [-0.1, -0.05) is 61.2 Å². The standard InChI is InChI=1S/C16H23BrO2/c1-3-5-7-13(4-2)11-19-12-16(18)14-8-6-9-15(17)10-14/h6,8-10,13H,3-5,7,11-12H2,1-2H3. The molecule has 1 aromatic carbocycles. The van der Waals surface area contributed by atoms with Crippen LogP contribution in [0.3, 0.4) is 0 Å². The van der Waals surface area contributed by atoms with Gasteiger partial charge < -0.3 is 4.74 Å². The summed E-state index contributed by atoms with van der Waals surface area (Å²) in [5, 5.41) is 0. The number of ketones is 1. The summed E-state index contributed by atoms with van der Waals surface area (Å²) in [6.07, 6.45) is 4.76. The minimum Gasteiger partial charge on any atom is -0.373 e. The summed E-state index contributed by atoms with van der Waals surface area (Å²) in [5.41, 5.74) is 0.705. The minimum absolute atomic E-state index is 0.0478. The summed E-state index contributed by atoms with van der Waals surface area (Å²) in [6, 6.07) is 7.44. The normalized spacial score (nSPS) is 12.4. The van der Waals surface area contributed by atoms with Gasteiger partial charge in [0.2, 0.25) is 0 Å². The van der Waals surface area contributed by atoms with Gasteiger partial charge >= 0.3 is 0 Å². The first kappa shape index (κ1) is 16.4. The van der Waals surface area contributed by atoms with Crippen LogP contribution in [0.1, 0.15) is 49.9 Å². The summed E-state index contributed by atoms with van der Waals surface area (Å²) >= 11 is 3.37. The second-order valence-electron chi connectivity index (χ2n) is 4.87. The molecule has 0 spiro atoms. The Balaban J connectivity index is 2.34. The molecule has 0 aromatic heterocycles. The Morgan fingerprint density at radius 2 is 2.16 bits per heavy atom. The van der Waals surface area contributed by atoms with E-state index in [1.807, 2.05) is 24.3 Å². The van der Waals surface area contributed by atoms with E-state index in [1.54, 1.807) is 0 Å². The number of Topliss-reactive ketones (excluding diaryl/α,β-unsaturated/α-hetero) is 1. The highest BCUT2D eigenvalue weighted by Gasteiger charge is 2.09. The fraction of sp³-hybridized carbons (Fsp3) is 0.562. The van der Waals surface area contributed by atoms with Crippen LogP contribution in [-0.2, 0) is 4.74 Å². The number of benzene rings is 1. The van der Waals surface area contributed by atoms with Gasteiger partial charge in [0, 0.05) is 16.6 Å². The van der Waals surface area contributed by atoms with Crippen molar-refractivity contribution in [2.24, 2.45) is 5.92 Å². The predicted molar refractivity (Wildman–Crippen MR) is 82.6 cm³/mol. The van der Waals surface area contributed by atoms with Crippen molar-refractivity contribution in [3.05, 3.63) is 34.3 Å².